The molecule has 0 aromatic carbocycles. The lowest BCUT2D eigenvalue weighted by Gasteiger charge is -2.27. The average Bonchev–Trinajstić information content (AvgIpc) is 2.92. The fourth-order valence-electron chi connectivity index (χ4n) is 2.94. The van der Waals surface area contributed by atoms with Gasteiger partial charge in [-0.3, -0.25) is 4.98 Å². The maximum absolute atomic E-state index is 5.46. The highest BCUT2D eigenvalue weighted by molar-refractivity contribution is 5.26. The van der Waals surface area contributed by atoms with Gasteiger partial charge in [0.25, 0.3) is 0 Å². The van der Waals surface area contributed by atoms with Gasteiger partial charge in [0.15, 0.2) is 0 Å². The van der Waals surface area contributed by atoms with Crippen LogP contribution in [0.3, 0.4) is 0 Å². The van der Waals surface area contributed by atoms with Gasteiger partial charge in [0.2, 0.25) is 0 Å². The quantitative estimate of drug-likeness (QED) is 0.817. The molecule has 2 unspecified atom stereocenters. The summed E-state index contributed by atoms with van der Waals surface area (Å²) >= 11 is 0. The van der Waals surface area contributed by atoms with Gasteiger partial charge in [-0.1, -0.05) is 19.9 Å². The Balaban J connectivity index is 2.37. The molecule has 0 amide bonds. The van der Waals surface area contributed by atoms with Crippen LogP contribution in [0.2, 0.25) is 0 Å². The number of aromatic nitrogens is 3. The van der Waals surface area contributed by atoms with Gasteiger partial charge in [-0.2, -0.15) is 0 Å². The number of pyridine rings is 1. The molecule has 0 aliphatic rings. The smallest absolute Gasteiger partial charge is 0.108 e. The van der Waals surface area contributed by atoms with Crippen molar-refractivity contribution in [3.63, 3.8) is 0 Å². The summed E-state index contributed by atoms with van der Waals surface area (Å²) in [6.07, 6.45) is 4.84. The molecule has 2 heterocycles. The molecule has 4 nitrogen and oxygen atoms in total. The third-order valence-corrected chi connectivity index (χ3v) is 4.09. The molecule has 0 aliphatic carbocycles. The Labute approximate surface area is 127 Å². The summed E-state index contributed by atoms with van der Waals surface area (Å²) in [5.74, 6) is 1.42. The third-order valence-electron chi connectivity index (χ3n) is 4.09. The molecule has 114 valence electrons. The maximum atomic E-state index is 5.46. The number of nitrogens with zero attached hydrogens (tertiary/aromatic N) is 3. The zero-order chi connectivity index (χ0) is 15.4. The fourth-order valence-corrected chi connectivity index (χ4v) is 2.94. The van der Waals surface area contributed by atoms with E-state index in [2.05, 4.69) is 53.6 Å². The highest BCUT2D eigenvalue weighted by Gasteiger charge is 2.24. The highest BCUT2D eigenvalue weighted by atomic mass is 16.5. The number of hydrogen-bond donors (Lipinski definition) is 0. The molecule has 2 atom stereocenters. The van der Waals surface area contributed by atoms with Gasteiger partial charge < -0.3 is 9.30 Å². The average molecular weight is 287 g/mol. The van der Waals surface area contributed by atoms with E-state index in [-0.39, 0.29) is 6.04 Å². The Hall–Kier alpha value is -1.68. The molecule has 0 radical (unpaired) electrons. The Morgan fingerprint density at radius 1 is 1.29 bits per heavy atom. The predicted molar refractivity (Wildman–Crippen MR) is 84.6 cm³/mol. The van der Waals surface area contributed by atoms with Crippen LogP contribution in [0.5, 0.6) is 0 Å². The molecular weight excluding hydrogens is 262 g/mol. The molecule has 0 bridgehead atoms. The van der Waals surface area contributed by atoms with Gasteiger partial charge in [-0.25, -0.2) is 4.98 Å². The van der Waals surface area contributed by atoms with Gasteiger partial charge in [-0.15, -0.1) is 0 Å². The Morgan fingerprint density at radius 3 is 2.67 bits per heavy atom. The van der Waals surface area contributed by atoms with E-state index in [0.29, 0.717) is 12.5 Å². The number of aryl methyl sites for hydroxylation is 3. The van der Waals surface area contributed by atoms with Crippen LogP contribution >= 0.6 is 0 Å². The second kappa shape index (κ2) is 6.85. The first-order valence-electron chi connectivity index (χ1n) is 7.53. The Kier molecular flexibility index (Phi) is 5.12. The highest BCUT2D eigenvalue weighted by Crippen LogP contribution is 2.31. The summed E-state index contributed by atoms with van der Waals surface area (Å²) in [5, 5.41) is 0. The first-order valence-corrected chi connectivity index (χ1v) is 7.53. The summed E-state index contributed by atoms with van der Waals surface area (Å²) in [5.41, 5.74) is 3.43. The van der Waals surface area contributed by atoms with E-state index in [1.54, 1.807) is 7.11 Å². The topological polar surface area (TPSA) is 39.9 Å². The molecule has 2 aromatic rings. The van der Waals surface area contributed by atoms with Crippen molar-refractivity contribution in [2.75, 3.05) is 13.7 Å². The van der Waals surface area contributed by atoms with E-state index in [1.165, 1.54) is 5.56 Å². The molecule has 0 aliphatic heterocycles. The maximum Gasteiger partial charge on any atom is 0.108 e. The van der Waals surface area contributed by atoms with E-state index < -0.39 is 0 Å². The summed E-state index contributed by atoms with van der Waals surface area (Å²) in [6, 6.07) is 4.50. The second-order valence-corrected chi connectivity index (χ2v) is 5.54. The van der Waals surface area contributed by atoms with E-state index in [9.17, 15) is 0 Å². The SMILES string of the molecule is CCc1nccn1C(COC)C(C)c1ccc(C)nc1C. The van der Waals surface area contributed by atoms with Crippen molar-refractivity contribution in [2.24, 2.45) is 0 Å². The molecule has 0 saturated heterocycles. The summed E-state index contributed by atoms with van der Waals surface area (Å²) in [4.78, 5) is 9.04. The van der Waals surface area contributed by atoms with Crippen molar-refractivity contribution in [3.05, 3.63) is 47.3 Å². The minimum atomic E-state index is 0.232. The van der Waals surface area contributed by atoms with Crippen molar-refractivity contribution in [3.8, 4) is 0 Å². The van der Waals surface area contributed by atoms with Crippen LogP contribution in [-0.4, -0.2) is 28.3 Å². The first-order chi connectivity index (χ1) is 10.1. The van der Waals surface area contributed by atoms with E-state index in [4.69, 9.17) is 4.74 Å². The van der Waals surface area contributed by atoms with Gasteiger partial charge in [0, 0.05) is 43.2 Å². The number of rotatable bonds is 6. The summed E-state index contributed by atoms with van der Waals surface area (Å²) in [6.45, 7) is 9.14. The molecule has 21 heavy (non-hydrogen) atoms. The van der Waals surface area contributed by atoms with Crippen LogP contribution in [0.25, 0.3) is 0 Å². The number of ether oxygens (including phenoxy) is 1. The van der Waals surface area contributed by atoms with Gasteiger partial charge >= 0.3 is 0 Å². The van der Waals surface area contributed by atoms with Crippen molar-refractivity contribution >= 4 is 0 Å². The molecule has 4 heteroatoms. The molecule has 0 N–H and O–H groups in total. The third kappa shape index (κ3) is 3.32. The van der Waals surface area contributed by atoms with Crippen LogP contribution in [0.1, 0.15) is 48.6 Å². The van der Waals surface area contributed by atoms with Crippen LogP contribution in [0.15, 0.2) is 24.5 Å². The molecule has 0 saturated carbocycles. The van der Waals surface area contributed by atoms with Gasteiger partial charge in [-0.05, 0) is 25.5 Å². The molecular formula is C17H25N3O. The molecule has 0 fully saturated rings. The van der Waals surface area contributed by atoms with Gasteiger partial charge in [0.05, 0.1) is 12.6 Å². The second-order valence-electron chi connectivity index (χ2n) is 5.54. The van der Waals surface area contributed by atoms with Crippen LogP contribution in [0.4, 0.5) is 0 Å². The standard InChI is InChI=1S/C17H25N3O/c1-6-17-18-9-10-20(17)16(11-21-5)13(3)15-8-7-12(2)19-14(15)4/h7-10,13,16H,6,11H2,1-5H3. The van der Waals surface area contributed by atoms with Crippen molar-refractivity contribution in [2.45, 2.75) is 46.1 Å². The zero-order valence-corrected chi connectivity index (χ0v) is 13.6. The van der Waals surface area contributed by atoms with Gasteiger partial charge in [0.1, 0.15) is 5.82 Å². The van der Waals surface area contributed by atoms with E-state index in [1.807, 2.05) is 13.1 Å². The van der Waals surface area contributed by atoms with Crippen LogP contribution < -0.4 is 0 Å². The zero-order valence-electron chi connectivity index (χ0n) is 13.6. The molecule has 2 rings (SSSR count). The number of hydrogen-bond acceptors (Lipinski definition) is 3. The Morgan fingerprint density at radius 2 is 2.05 bits per heavy atom. The predicted octanol–water partition coefficient (Wildman–Crippen LogP) is 3.45. The normalized spacial score (nSPS) is 14.1. The van der Waals surface area contributed by atoms with Crippen molar-refractivity contribution < 1.29 is 4.74 Å². The van der Waals surface area contributed by atoms with Crippen LogP contribution in [-0.2, 0) is 11.2 Å². The largest absolute Gasteiger partial charge is 0.383 e. The number of methoxy groups -OCH3 is 1. The van der Waals surface area contributed by atoms with Crippen LogP contribution in [0, 0.1) is 13.8 Å². The monoisotopic (exact) mass is 287 g/mol. The summed E-state index contributed by atoms with van der Waals surface area (Å²) < 4.78 is 7.71. The fraction of sp³-hybridized carbons (Fsp3) is 0.529. The number of imidazole rings is 1. The lowest BCUT2D eigenvalue weighted by atomic mass is 9.92. The minimum Gasteiger partial charge on any atom is -0.383 e. The lowest BCUT2D eigenvalue weighted by Crippen LogP contribution is -2.23. The lowest BCUT2D eigenvalue weighted by molar-refractivity contribution is 0.142. The first kappa shape index (κ1) is 15.7. The van der Waals surface area contributed by atoms with E-state index in [0.717, 1.165) is 23.6 Å². The van der Waals surface area contributed by atoms with Crippen molar-refractivity contribution in [1.82, 2.24) is 14.5 Å². The Bertz CT molecular complexity index is 591. The minimum absolute atomic E-state index is 0.232. The summed E-state index contributed by atoms with van der Waals surface area (Å²) in [7, 11) is 1.75. The molecule has 2 aromatic heterocycles. The van der Waals surface area contributed by atoms with E-state index >= 15 is 0 Å². The molecule has 0 spiro atoms. The van der Waals surface area contributed by atoms with Crippen molar-refractivity contribution in [1.29, 1.82) is 0 Å².